The molecule has 1 aliphatic rings. The second-order valence-electron chi connectivity index (χ2n) is 5.82. The van der Waals surface area contributed by atoms with Crippen LogP contribution in [-0.2, 0) is 19.1 Å². The van der Waals surface area contributed by atoms with E-state index in [4.69, 9.17) is 0 Å². The van der Waals surface area contributed by atoms with Crippen molar-refractivity contribution < 1.29 is 5.11 Å². The van der Waals surface area contributed by atoms with E-state index in [1.165, 1.54) is 0 Å². The lowest BCUT2D eigenvalue weighted by Gasteiger charge is -2.38. The Morgan fingerprint density at radius 3 is 2.71 bits per heavy atom. The highest BCUT2D eigenvalue weighted by atomic mass is 16.3. The summed E-state index contributed by atoms with van der Waals surface area (Å²) in [4.78, 5) is 10.9. The molecule has 5 nitrogen and oxygen atoms in total. The number of imidazole rings is 1. The Bertz CT molecular complexity index is 573. The summed E-state index contributed by atoms with van der Waals surface area (Å²) in [5, 5.41) is 10.8. The van der Waals surface area contributed by atoms with E-state index in [1.54, 1.807) is 12.4 Å². The summed E-state index contributed by atoms with van der Waals surface area (Å²) < 4.78 is 2.07. The number of likely N-dealkylation sites (tertiary alicyclic amines) is 1. The maximum absolute atomic E-state index is 10.8. The molecule has 1 saturated heterocycles. The van der Waals surface area contributed by atoms with Crippen LogP contribution >= 0.6 is 0 Å². The van der Waals surface area contributed by atoms with Crippen molar-refractivity contribution in [2.45, 2.75) is 24.9 Å². The maximum atomic E-state index is 10.8. The van der Waals surface area contributed by atoms with E-state index >= 15 is 0 Å². The monoisotopic (exact) mass is 286 g/mol. The fourth-order valence-electron chi connectivity index (χ4n) is 2.97. The molecule has 3 heterocycles. The van der Waals surface area contributed by atoms with Crippen LogP contribution in [0.25, 0.3) is 0 Å². The van der Waals surface area contributed by atoms with Crippen LogP contribution in [0, 0.1) is 0 Å². The van der Waals surface area contributed by atoms with Crippen molar-refractivity contribution in [3.8, 4) is 0 Å². The second kappa shape index (κ2) is 5.95. The summed E-state index contributed by atoms with van der Waals surface area (Å²) in [6.45, 7) is 2.82. The molecule has 0 radical (unpaired) electrons. The van der Waals surface area contributed by atoms with Crippen LogP contribution in [0.15, 0.2) is 36.9 Å². The molecule has 0 unspecified atom stereocenters. The highest BCUT2D eigenvalue weighted by molar-refractivity contribution is 5.18. The Balaban J connectivity index is 1.54. The van der Waals surface area contributed by atoms with Gasteiger partial charge in [0.2, 0.25) is 0 Å². The number of hydrogen-bond acceptors (Lipinski definition) is 4. The zero-order valence-electron chi connectivity index (χ0n) is 12.4. The fraction of sp³-hybridized carbons (Fsp3) is 0.500. The third-order valence-corrected chi connectivity index (χ3v) is 4.45. The third kappa shape index (κ3) is 3.14. The fourth-order valence-corrected chi connectivity index (χ4v) is 2.97. The molecule has 21 heavy (non-hydrogen) atoms. The molecule has 5 heteroatoms. The lowest BCUT2D eigenvalue weighted by atomic mass is 9.85. The number of aryl methyl sites for hydroxylation is 1. The molecule has 1 fully saturated rings. The zero-order valence-corrected chi connectivity index (χ0v) is 12.4. The van der Waals surface area contributed by atoms with Gasteiger partial charge in [0.1, 0.15) is 5.82 Å². The van der Waals surface area contributed by atoms with E-state index in [2.05, 4.69) is 19.4 Å². The lowest BCUT2D eigenvalue weighted by molar-refractivity contribution is -0.0259. The summed E-state index contributed by atoms with van der Waals surface area (Å²) in [5.41, 5.74) is 0.224. The van der Waals surface area contributed by atoms with Gasteiger partial charge in [-0.25, -0.2) is 4.98 Å². The van der Waals surface area contributed by atoms with Crippen molar-refractivity contribution in [2.75, 3.05) is 19.6 Å². The number of piperidine rings is 1. The molecule has 0 aromatic carbocycles. The first-order chi connectivity index (χ1) is 10.2. The van der Waals surface area contributed by atoms with Gasteiger partial charge in [0.05, 0.1) is 5.60 Å². The molecular formula is C16H22N4O. The number of pyridine rings is 1. The minimum Gasteiger partial charge on any atom is -0.385 e. The Morgan fingerprint density at radius 1 is 1.29 bits per heavy atom. The van der Waals surface area contributed by atoms with Gasteiger partial charge in [-0.1, -0.05) is 6.07 Å². The summed E-state index contributed by atoms with van der Waals surface area (Å²) in [6.07, 6.45) is 9.82. The molecule has 0 bridgehead atoms. The summed E-state index contributed by atoms with van der Waals surface area (Å²) in [5.74, 6) is 1.11. The predicted octanol–water partition coefficient (Wildman–Crippen LogP) is 1.34. The molecule has 1 N–H and O–H groups in total. The Hall–Kier alpha value is -1.72. The van der Waals surface area contributed by atoms with Crippen molar-refractivity contribution >= 4 is 0 Å². The quantitative estimate of drug-likeness (QED) is 0.921. The van der Waals surface area contributed by atoms with Gasteiger partial charge < -0.3 is 14.6 Å². The van der Waals surface area contributed by atoms with Gasteiger partial charge in [-0.15, -0.1) is 0 Å². The molecule has 0 aliphatic carbocycles. The smallest absolute Gasteiger partial charge is 0.109 e. The third-order valence-electron chi connectivity index (χ3n) is 4.45. The summed E-state index contributed by atoms with van der Waals surface area (Å²) in [6, 6.07) is 3.86. The molecule has 0 spiro atoms. The van der Waals surface area contributed by atoms with E-state index in [1.807, 2.05) is 31.6 Å². The van der Waals surface area contributed by atoms with Gasteiger partial charge in [0.25, 0.3) is 0 Å². The van der Waals surface area contributed by atoms with Crippen molar-refractivity contribution in [2.24, 2.45) is 7.05 Å². The minimum atomic E-state index is -0.714. The van der Waals surface area contributed by atoms with Crippen LogP contribution in [0.1, 0.15) is 24.2 Å². The van der Waals surface area contributed by atoms with Crippen molar-refractivity contribution in [3.05, 3.63) is 48.3 Å². The van der Waals surface area contributed by atoms with Gasteiger partial charge >= 0.3 is 0 Å². The van der Waals surface area contributed by atoms with Gasteiger partial charge in [0, 0.05) is 63.5 Å². The van der Waals surface area contributed by atoms with Crippen molar-refractivity contribution in [1.82, 2.24) is 19.4 Å². The van der Waals surface area contributed by atoms with E-state index in [-0.39, 0.29) is 0 Å². The topological polar surface area (TPSA) is 54.2 Å². The van der Waals surface area contributed by atoms with Crippen LogP contribution in [0.4, 0.5) is 0 Å². The largest absolute Gasteiger partial charge is 0.385 e. The van der Waals surface area contributed by atoms with E-state index in [0.29, 0.717) is 0 Å². The van der Waals surface area contributed by atoms with Gasteiger partial charge in [-0.2, -0.15) is 0 Å². The lowest BCUT2D eigenvalue weighted by Crippen LogP contribution is -2.43. The molecule has 2 aromatic rings. The number of rotatable bonds is 4. The average Bonchev–Trinajstić information content (AvgIpc) is 2.93. The highest BCUT2D eigenvalue weighted by Gasteiger charge is 2.33. The number of aromatic nitrogens is 3. The van der Waals surface area contributed by atoms with Gasteiger partial charge in [-0.05, 0) is 18.9 Å². The standard InChI is InChI=1S/C16H22N4O/c1-19-12-8-18-15(19)4-9-20-10-5-16(21,6-11-20)14-3-2-7-17-13-14/h2-3,7-8,12-13,21H,4-6,9-11H2,1H3. The first-order valence-electron chi connectivity index (χ1n) is 7.49. The van der Waals surface area contributed by atoms with Gasteiger partial charge in [-0.3, -0.25) is 4.98 Å². The van der Waals surface area contributed by atoms with Crippen molar-refractivity contribution in [1.29, 1.82) is 0 Å². The Morgan fingerprint density at radius 2 is 2.10 bits per heavy atom. The van der Waals surface area contributed by atoms with Crippen LogP contribution in [-0.4, -0.2) is 44.2 Å². The van der Waals surface area contributed by atoms with E-state index < -0.39 is 5.60 Å². The molecule has 0 saturated carbocycles. The molecule has 2 aromatic heterocycles. The molecular weight excluding hydrogens is 264 g/mol. The SMILES string of the molecule is Cn1ccnc1CCN1CCC(O)(c2cccnc2)CC1. The summed E-state index contributed by atoms with van der Waals surface area (Å²) in [7, 11) is 2.03. The van der Waals surface area contributed by atoms with Crippen LogP contribution in [0.3, 0.4) is 0 Å². The molecule has 0 amide bonds. The number of aliphatic hydroxyl groups is 1. The highest BCUT2D eigenvalue weighted by Crippen LogP contribution is 2.32. The average molecular weight is 286 g/mol. The first-order valence-corrected chi connectivity index (χ1v) is 7.49. The van der Waals surface area contributed by atoms with Crippen LogP contribution in [0.5, 0.6) is 0 Å². The van der Waals surface area contributed by atoms with Crippen LogP contribution < -0.4 is 0 Å². The number of nitrogens with zero attached hydrogens (tertiary/aromatic N) is 4. The predicted molar refractivity (Wildman–Crippen MR) is 80.7 cm³/mol. The van der Waals surface area contributed by atoms with Crippen molar-refractivity contribution in [3.63, 3.8) is 0 Å². The van der Waals surface area contributed by atoms with E-state index in [0.717, 1.165) is 50.3 Å². The second-order valence-corrected chi connectivity index (χ2v) is 5.82. The zero-order chi connectivity index (χ0) is 14.7. The normalized spacial score (nSPS) is 18.8. The Kier molecular flexibility index (Phi) is 4.03. The van der Waals surface area contributed by atoms with Crippen LogP contribution in [0.2, 0.25) is 0 Å². The maximum Gasteiger partial charge on any atom is 0.109 e. The van der Waals surface area contributed by atoms with E-state index in [9.17, 15) is 5.11 Å². The molecule has 3 rings (SSSR count). The molecule has 0 atom stereocenters. The summed E-state index contributed by atoms with van der Waals surface area (Å²) >= 11 is 0. The minimum absolute atomic E-state index is 0.714. The molecule has 112 valence electrons. The molecule has 1 aliphatic heterocycles. The first kappa shape index (κ1) is 14.2. The van der Waals surface area contributed by atoms with Gasteiger partial charge in [0.15, 0.2) is 0 Å². The number of hydrogen-bond donors (Lipinski definition) is 1. The Labute approximate surface area is 125 Å².